The third-order valence-electron chi connectivity index (χ3n) is 2.33. The number of aryl methyl sites for hydroxylation is 1. The number of nitrogens with two attached hydrogens (primary N) is 1. The van der Waals surface area contributed by atoms with Crippen LogP contribution in [0.15, 0.2) is 28.9 Å². The summed E-state index contributed by atoms with van der Waals surface area (Å²) in [4.78, 5) is 8.22. The van der Waals surface area contributed by atoms with Crippen molar-refractivity contribution in [1.29, 1.82) is 0 Å². The molecule has 0 bridgehead atoms. The molecule has 0 amide bonds. The van der Waals surface area contributed by atoms with E-state index in [1.807, 2.05) is 26.0 Å². The average Bonchev–Trinajstić information content (AvgIpc) is 2.76. The van der Waals surface area contributed by atoms with Gasteiger partial charge >= 0.3 is 0 Å². The maximum absolute atomic E-state index is 5.52. The summed E-state index contributed by atoms with van der Waals surface area (Å²) in [5.74, 6) is 8.16. The number of hydrogen-bond donors (Lipinski definition) is 3. The summed E-state index contributed by atoms with van der Waals surface area (Å²) in [6, 6.07) is 3.88. The molecule has 1 unspecified atom stereocenters. The zero-order valence-electron chi connectivity index (χ0n) is 9.77. The number of anilines is 2. The van der Waals surface area contributed by atoms with E-state index in [4.69, 9.17) is 10.3 Å². The fourth-order valence-electron chi connectivity index (χ4n) is 1.48. The van der Waals surface area contributed by atoms with Crippen molar-refractivity contribution in [2.75, 3.05) is 10.7 Å². The quantitative estimate of drug-likeness (QED) is 0.551. The monoisotopic (exact) mass is 233 g/mol. The van der Waals surface area contributed by atoms with E-state index in [1.54, 1.807) is 12.4 Å². The van der Waals surface area contributed by atoms with Gasteiger partial charge in [-0.3, -0.25) is 4.98 Å². The molecule has 0 fully saturated rings. The van der Waals surface area contributed by atoms with Crippen molar-refractivity contribution in [1.82, 2.24) is 9.97 Å². The lowest BCUT2D eigenvalue weighted by Crippen LogP contribution is -2.12. The Kier molecular flexibility index (Phi) is 3.24. The summed E-state index contributed by atoms with van der Waals surface area (Å²) in [5, 5.41) is 3.18. The Bertz CT molecular complexity index is 496. The van der Waals surface area contributed by atoms with Gasteiger partial charge in [-0.2, -0.15) is 0 Å². The first-order chi connectivity index (χ1) is 8.19. The molecule has 4 N–H and O–H groups in total. The van der Waals surface area contributed by atoms with Crippen LogP contribution in [0, 0.1) is 6.92 Å². The second kappa shape index (κ2) is 4.84. The molecule has 2 heterocycles. The lowest BCUT2D eigenvalue weighted by Gasteiger charge is -2.12. The van der Waals surface area contributed by atoms with Crippen molar-refractivity contribution < 1.29 is 4.42 Å². The van der Waals surface area contributed by atoms with Gasteiger partial charge in [0.2, 0.25) is 0 Å². The van der Waals surface area contributed by atoms with Crippen LogP contribution < -0.4 is 16.6 Å². The van der Waals surface area contributed by atoms with E-state index in [0.29, 0.717) is 11.6 Å². The molecule has 0 saturated heterocycles. The maximum Gasteiger partial charge on any atom is 0.160 e. The molecule has 2 rings (SSSR count). The van der Waals surface area contributed by atoms with Crippen molar-refractivity contribution in [3.05, 3.63) is 36.0 Å². The molecule has 0 aliphatic heterocycles. The fourth-order valence-corrected chi connectivity index (χ4v) is 1.48. The van der Waals surface area contributed by atoms with Gasteiger partial charge in [-0.1, -0.05) is 0 Å². The largest absolute Gasteiger partial charge is 0.464 e. The lowest BCUT2D eigenvalue weighted by molar-refractivity contribution is 0.466. The molecule has 0 aliphatic rings. The first-order valence-electron chi connectivity index (χ1n) is 5.30. The molecule has 0 aliphatic carbocycles. The summed E-state index contributed by atoms with van der Waals surface area (Å²) < 4.78 is 5.52. The van der Waals surface area contributed by atoms with E-state index >= 15 is 0 Å². The van der Waals surface area contributed by atoms with Gasteiger partial charge < -0.3 is 15.2 Å². The maximum atomic E-state index is 5.52. The van der Waals surface area contributed by atoms with E-state index in [0.717, 1.165) is 11.5 Å². The van der Waals surface area contributed by atoms with Crippen molar-refractivity contribution >= 4 is 11.6 Å². The summed E-state index contributed by atoms with van der Waals surface area (Å²) in [7, 11) is 0. The van der Waals surface area contributed by atoms with Gasteiger partial charge in [0.25, 0.3) is 0 Å². The fraction of sp³-hybridized carbons (Fsp3) is 0.273. The number of nitrogens with one attached hydrogen (secondary N) is 2. The third kappa shape index (κ3) is 2.73. The number of hydrazine groups is 1. The standard InChI is InChI=1S/C11H15N5O/c1-7-3-4-9(17-7)8(2)14-10-5-13-6-11(15-10)16-12/h3-6,8H,12H2,1-2H3,(H2,14,15,16). The summed E-state index contributed by atoms with van der Waals surface area (Å²) in [6.07, 6.45) is 3.18. The molecule has 6 heteroatoms. The van der Waals surface area contributed by atoms with E-state index in [2.05, 4.69) is 20.7 Å². The normalized spacial score (nSPS) is 12.2. The zero-order valence-corrected chi connectivity index (χ0v) is 9.77. The van der Waals surface area contributed by atoms with Crippen molar-refractivity contribution in [3.63, 3.8) is 0 Å². The minimum atomic E-state index is 0.0195. The SMILES string of the molecule is Cc1ccc(C(C)Nc2cncc(NN)n2)o1. The Balaban J connectivity index is 2.09. The Morgan fingerprint density at radius 3 is 2.71 bits per heavy atom. The Morgan fingerprint density at radius 2 is 2.06 bits per heavy atom. The number of nitrogen functional groups attached to an aromatic ring is 1. The molecule has 1 atom stereocenters. The van der Waals surface area contributed by atoms with Crippen LogP contribution in [0.25, 0.3) is 0 Å². The smallest absolute Gasteiger partial charge is 0.160 e. The van der Waals surface area contributed by atoms with Crippen LogP contribution in [0.5, 0.6) is 0 Å². The number of hydrogen-bond acceptors (Lipinski definition) is 6. The topological polar surface area (TPSA) is 89.0 Å². The Morgan fingerprint density at radius 1 is 1.29 bits per heavy atom. The van der Waals surface area contributed by atoms with Crippen LogP contribution in [0.3, 0.4) is 0 Å². The van der Waals surface area contributed by atoms with E-state index in [9.17, 15) is 0 Å². The summed E-state index contributed by atoms with van der Waals surface area (Å²) >= 11 is 0. The van der Waals surface area contributed by atoms with Gasteiger partial charge in [0, 0.05) is 0 Å². The van der Waals surface area contributed by atoms with Crippen molar-refractivity contribution in [2.45, 2.75) is 19.9 Å². The number of rotatable bonds is 4. The molecular formula is C11H15N5O. The van der Waals surface area contributed by atoms with Gasteiger partial charge in [-0.15, -0.1) is 0 Å². The molecule has 17 heavy (non-hydrogen) atoms. The van der Waals surface area contributed by atoms with Gasteiger partial charge in [0.15, 0.2) is 5.82 Å². The van der Waals surface area contributed by atoms with Crippen molar-refractivity contribution in [2.24, 2.45) is 5.84 Å². The molecule has 6 nitrogen and oxygen atoms in total. The van der Waals surface area contributed by atoms with Gasteiger partial charge in [0.1, 0.15) is 17.3 Å². The molecule has 0 aromatic carbocycles. The van der Waals surface area contributed by atoms with Crippen LogP contribution in [-0.2, 0) is 0 Å². The van der Waals surface area contributed by atoms with Crippen LogP contribution >= 0.6 is 0 Å². The molecule has 0 spiro atoms. The second-order valence-corrected chi connectivity index (χ2v) is 3.75. The molecule has 90 valence electrons. The number of furan rings is 1. The molecule has 2 aromatic rings. The van der Waals surface area contributed by atoms with Crippen molar-refractivity contribution in [3.8, 4) is 0 Å². The van der Waals surface area contributed by atoms with Crippen LogP contribution in [0.4, 0.5) is 11.6 Å². The highest BCUT2D eigenvalue weighted by atomic mass is 16.3. The first-order valence-corrected chi connectivity index (χ1v) is 5.30. The predicted octanol–water partition coefficient (Wildman–Crippen LogP) is 1.84. The zero-order chi connectivity index (χ0) is 12.3. The predicted molar refractivity (Wildman–Crippen MR) is 65.3 cm³/mol. The first kappa shape index (κ1) is 11.4. The minimum absolute atomic E-state index is 0.0195. The molecular weight excluding hydrogens is 218 g/mol. The Labute approximate surface area is 99.2 Å². The van der Waals surface area contributed by atoms with Gasteiger partial charge in [-0.05, 0) is 26.0 Å². The van der Waals surface area contributed by atoms with E-state index in [1.165, 1.54) is 0 Å². The highest BCUT2D eigenvalue weighted by Gasteiger charge is 2.10. The molecule has 2 aromatic heterocycles. The minimum Gasteiger partial charge on any atom is -0.464 e. The average molecular weight is 233 g/mol. The summed E-state index contributed by atoms with van der Waals surface area (Å²) in [6.45, 7) is 3.90. The highest BCUT2D eigenvalue weighted by Crippen LogP contribution is 2.19. The number of aromatic nitrogens is 2. The van der Waals surface area contributed by atoms with E-state index in [-0.39, 0.29) is 6.04 Å². The van der Waals surface area contributed by atoms with E-state index < -0.39 is 0 Å². The summed E-state index contributed by atoms with van der Waals surface area (Å²) in [5.41, 5.74) is 2.45. The Hall–Kier alpha value is -2.08. The molecule has 0 saturated carbocycles. The highest BCUT2D eigenvalue weighted by molar-refractivity contribution is 5.41. The van der Waals surface area contributed by atoms with Gasteiger partial charge in [-0.25, -0.2) is 10.8 Å². The second-order valence-electron chi connectivity index (χ2n) is 3.75. The molecule has 0 radical (unpaired) electrons. The lowest BCUT2D eigenvalue weighted by atomic mass is 10.2. The third-order valence-corrected chi connectivity index (χ3v) is 2.33. The van der Waals surface area contributed by atoms with Crippen LogP contribution in [0.2, 0.25) is 0 Å². The number of nitrogens with zero attached hydrogens (tertiary/aromatic N) is 2. The van der Waals surface area contributed by atoms with Crippen LogP contribution in [0.1, 0.15) is 24.5 Å². The van der Waals surface area contributed by atoms with Gasteiger partial charge in [0.05, 0.1) is 18.4 Å². The van der Waals surface area contributed by atoms with Crippen LogP contribution in [-0.4, -0.2) is 9.97 Å².